The van der Waals surface area contributed by atoms with E-state index in [9.17, 15) is 27.5 Å². The first kappa shape index (κ1) is 19.7. The Morgan fingerprint density at radius 3 is 2.64 bits per heavy atom. The molecule has 3 aromatic rings. The van der Waals surface area contributed by atoms with Crippen LogP contribution in [0, 0.1) is 12.7 Å². The molecule has 0 radical (unpaired) electrons. The lowest BCUT2D eigenvalue weighted by atomic mass is 10.0. The largest absolute Gasteiger partial charge is 0.416 e. The van der Waals surface area contributed by atoms with E-state index < -0.39 is 23.6 Å². The number of aryl methyl sites for hydroxylation is 1. The van der Waals surface area contributed by atoms with E-state index in [0.29, 0.717) is 23.1 Å². The number of aromatic nitrogens is 4. The maximum absolute atomic E-state index is 14.4. The van der Waals surface area contributed by atoms with E-state index in [1.165, 1.54) is 23.1 Å². The van der Waals surface area contributed by atoms with Crippen LogP contribution >= 0.6 is 0 Å². The summed E-state index contributed by atoms with van der Waals surface area (Å²) in [7, 11) is 0. The van der Waals surface area contributed by atoms with Crippen LogP contribution in [-0.2, 0) is 6.18 Å². The molecular weight excluding hydrogens is 380 g/mol. The Morgan fingerprint density at radius 1 is 1.29 bits per heavy atom. The first-order chi connectivity index (χ1) is 13.2. The highest BCUT2D eigenvalue weighted by Crippen LogP contribution is 2.33. The van der Waals surface area contributed by atoms with E-state index in [4.69, 9.17) is 0 Å². The van der Waals surface area contributed by atoms with Crippen LogP contribution < -0.4 is 5.56 Å². The maximum atomic E-state index is 14.4. The lowest BCUT2D eigenvalue weighted by Gasteiger charge is -2.19. The lowest BCUT2D eigenvalue weighted by Crippen LogP contribution is -2.15. The van der Waals surface area contributed by atoms with Crippen molar-refractivity contribution < 1.29 is 22.7 Å². The summed E-state index contributed by atoms with van der Waals surface area (Å²) < 4.78 is 54.0. The van der Waals surface area contributed by atoms with Gasteiger partial charge < -0.3 is 10.1 Å². The van der Waals surface area contributed by atoms with E-state index >= 15 is 0 Å². The van der Waals surface area contributed by atoms with Crippen molar-refractivity contribution in [2.24, 2.45) is 0 Å². The van der Waals surface area contributed by atoms with Gasteiger partial charge in [-0.15, -0.1) is 0 Å². The monoisotopic (exact) mass is 396 g/mol. The number of aliphatic hydroxyl groups excluding tert-OH is 1. The second kappa shape index (κ2) is 7.55. The average Bonchev–Trinajstić information content (AvgIpc) is 3.08. The fraction of sp³-hybridized carbons (Fsp3) is 0.278. The first-order valence-corrected chi connectivity index (χ1v) is 8.29. The van der Waals surface area contributed by atoms with Crippen LogP contribution in [0.4, 0.5) is 17.6 Å². The van der Waals surface area contributed by atoms with Gasteiger partial charge in [-0.1, -0.05) is 6.07 Å². The zero-order valence-electron chi connectivity index (χ0n) is 14.7. The molecule has 0 aliphatic heterocycles. The van der Waals surface area contributed by atoms with Gasteiger partial charge in [-0.25, -0.2) is 9.37 Å². The molecule has 0 aliphatic carbocycles. The maximum Gasteiger partial charge on any atom is 0.416 e. The molecule has 2 aromatic heterocycles. The minimum absolute atomic E-state index is 0.0330. The van der Waals surface area contributed by atoms with Crippen LogP contribution in [-0.4, -0.2) is 31.5 Å². The van der Waals surface area contributed by atoms with Crippen LogP contribution in [0.25, 0.3) is 11.3 Å². The number of benzene rings is 1. The zero-order valence-corrected chi connectivity index (χ0v) is 14.7. The van der Waals surface area contributed by atoms with E-state index in [-0.39, 0.29) is 24.2 Å². The molecule has 2 heterocycles. The Hall–Kier alpha value is -3.01. The molecule has 10 heteroatoms. The van der Waals surface area contributed by atoms with Gasteiger partial charge in [-0.2, -0.15) is 18.3 Å². The number of H-pyrrole nitrogens is 1. The highest BCUT2D eigenvalue weighted by Gasteiger charge is 2.32. The number of rotatable bonds is 5. The fourth-order valence-electron chi connectivity index (χ4n) is 2.89. The number of alkyl halides is 3. The molecule has 3 rings (SSSR count). The van der Waals surface area contributed by atoms with Crippen molar-refractivity contribution in [3.8, 4) is 11.3 Å². The molecule has 0 aliphatic rings. The molecule has 0 spiro atoms. The summed E-state index contributed by atoms with van der Waals surface area (Å²) in [6.07, 6.45) is -1.72. The average molecular weight is 396 g/mol. The molecule has 148 valence electrons. The second-order valence-electron chi connectivity index (χ2n) is 6.19. The highest BCUT2D eigenvalue weighted by atomic mass is 19.4. The van der Waals surface area contributed by atoms with Gasteiger partial charge in [-0.3, -0.25) is 9.48 Å². The van der Waals surface area contributed by atoms with Gasteiger partial charge in [0, 0.05) is 30.0 Å². The van der Waals surface area contributed by atoms with Crippen LogP contribution in [0.2, 0.25) is 0 Å². The van der Waals surface area contributed by atoms with Crippen molar-refractivity contribution in [3.63, 3.8) is 0 Å². The quantitative estimate of drug-likeness (QED) is 0.650. The van der Waals surface area contributed by atoms with Gasteiger partial charge in [0.1, 0.15) is 11.6 Å². The highest BCUT2D eigenvalue weighted by molar-refractivity contribution is 5.56. The molecule has 28 heavy (non-hydrogen) atoms. The van der Waals surface area contributed by atoms with Gasteiger partial charge in [0.05, 0.1) is 23.5 Å². The molecule has 0 fully saturated rings. The molecule has 2 N–H and O–H groups in total. The summed E-state index contributed by atoms with van der Waals surface area (Å²) in [6.45, 7) is 1.28. The summed E-state index contributed by atoms with van der Waals surface area (Å²) in [4.78, 5) is 18.3. The standard InChI is InChI=1S/C18H16F4N4O2/c1-10-24-15(7-17(28)25-10)11-8-23-26(9-11)16(4-5-27)13-3-2-12(6-14(13)19)18(20,21)22/h2-3,6-9,16,27H,4-5H2,1H3,(H,24,25,28). The smallest absolute Gasteiger partial charge is 0.396 e. The normalized spacial score (nSPS) is 12.9. The van der Waals surface area contributed by atoms with Crippen LogP contribution in [0.3, 0.4) is 0 Å². The third kappa shape index (κ3) is 4.11. The number of aliphatic hydroxyl groups is 1. The van der Waals surface area contributed by atoms with E-state index in [0.717, 1.165) is 12.1 Å². The van der Waals surface area contributed by atoms with E-state index in [1.807, 2.05) is 0 Å². The van der Waals surface area contributed by atoms with Crippen LogP contribution in [0.5, 0.6) is 0 Å². The first-order valence-electron chi connectivity index (χ1n) is 8.29. The van der Waals surface area contributed by atoms with Gasteiger partial charge >= 0.3 is 6.18 Å². The van der Waals surface area contributed by atoms with Gasteiger partial charge in [-0.05, 0) is 25.5 Å². The molecule has 0 bridgehead atoms. The second-order valence-corrected chi connectivity index (χ2v) is 6.19. The SMILES string of the molecule is Cc1nc(-c2cnn(C(CCO)c3ccc(C(F)(F)F)cc3F)c2)cc(=O)[nH]1. The number of nitrogens with one attached hydrogen (secondary N) is 1. The molecule has 1 aromatic carbocycles. The van der Waals surface area contributed by atoms with Crippen molar-refractivity contribution in [1.82, 2.24) is 19.7 Å². The summed E-state index contributed by atoms with van der Waals surface area (Å²) in [5, 5.41) is 13.5. The number of hydrogen-bond acceptors (Lipinski definition) is 4. The van der Waals surface area contributed by atoms with Gasteiger partial charge in [0.15, 0.2) is 0 Å². The number of aromatic amines is 1. The Labute approximate surface area is 156 Å². The number of nitrogens with zero attached hydrogens (tertiary/aromatic N) is 3. The fourth-order valence-corrected chi connectivity index (χ4v) is 2.89. The molecule has 1 atom stereocenters. The van der Waals surface area contributed by atoms with Crippen LogP contribution in [0.1, 0.15) is 29.4 Å². The summed E-state index contributed by atoms with van der Waals surface area (Å²) in [5.74, 6) is -0.647. The van der Waals surface area contributed by atoms with Gasteiger partial charge in [0.2, 0.25) is 0 Å². The third-order valence-corrected chi connectivity index (χ3v) is 4.17. The molecular formula is C18H16F4N4O2. The molecule has 0 amide bonds. The van der Waals surface area contributed by atoms with Crippen LogP contribution in [0.15, 0.2) is 41.5 Å². The molecule has 0 saturated carbocycles. The van der Waals surface area contributed by atoms with Crippen molar-refractivity contribution in [3.05, 3.63) is 69.8 Å². The van der Waals surface area contributed by atoms with Crippen molar-refractivity contribution in [2.75, 3.05) is 6.61 Å². The lowest BCUT2D eigenvalue weighted by molar-refractivity contribution is -0.137. The third-order valence-electron chi connectivity index (χ3n) is 4.17. The molecule has 6 nitrogen and oxygen atoms in total. The van der Waals surface area contributed by atoms with E-state index in [2.05, 4.69) is 15.1 Å². The summed E-state index contributed by atoms with van der Waals surface area (Å²) >= 11 is 0. The Kier molecular flexibility index (Phi) is 5.32. The summed E-state index contributed by atoms with van der Waals surface area (Å²) in [5.41, 5.74) is -0.656. The Bertz CT molecular complexity index is 1040. The van der Waals surface area contributed by atoms with E-state index in [1.54, 1.807) is 6.92 Å². The number of hydrogen-bond donors (Lipinski definition) is 2. The Morgan fingerprint density at radius 2 is 2.04 bits per heavy atom. The predicted molar refractivity (Wildman–Crippen MR) is 92.1 cm³/mol. The minimum atomic E-state index is -4.66. The predicted octanol–water partition coefficient (Wildman–Crippen LogP) is 3.07. The molecule has 1 unspecified atom stereocenters. The van der Waals surface area contributed by atoms with Crippen molar-refractivity contribution in [1.29, 1.82) is 0 Å². The van der Waals surface area contributed by atoms with Crippen molar-refractivity contribution in [2.45, 2.75) is 25.6 Å². The molecule has 0 saturated heterocycles. The summed E-state index contributed by atoms with van der Waals surface area (Å²) in [6, 6.07) is 2.69. The topological polar surface area (TPSA) is 83.8 Å². The van der Waals surface area contributed by atoms with Gasteiger partial charge in [0.25, 0.3) is 5.56 Å². The minimum Gasteiger partial charge on any atom is -0.396 e. The number of halogens is 4. The Balaban J connectivity index is 2.00. The zero-order chi connectivity index (χ0) is 20.5. The van der Waals surface area contributed by atoms with Crippen molar-refractivity contribution >= 4 is 0 Å².